The van der Waals surface area contributed by atoms with Crippen LogP contribution in [-0.2, 0) is 4.74 Å². The van der Waals surface area contributed by atoms with Gasteiger partial charge < -0.3 is 21.1 Å². The molecule has 0 saturated carbocycles. The van der Waals surface area contributed by atoms with E-state index in [2.05, 4.69) is 26.6 Å². The van der Waals surface area contributed by atoms with E-state index in [0.29, 0.717) is 24.6 Å². The number of nitrogen functional groups attached to an aromatic ring is 1. The number of hydrogen-bond acceptors (Lipinski definition) is 3. The molecule has 1 fully saturated rings. The predicted octanol–water partition coefficient (Wildman–Crippen LogP) is 1.94. The highest BCUT2D eigenvalue weighted by molar-refractivity contribution is 9.10. The monoisotopic (exact) mass is 299 g/mol. The number of rotatable bonds is 2. The quantitative estimate of drug-likeness (QED) is 0.731. The number of carbonyl (C=O) groups is 1. The van der Waals surface area contributed by atoms with Crippen molar-refractivity contribution in [3.8, 4) is 0 Å². The first-order valence-corrected chi connectivity index (χ1v) is 6.15. The minimum Gasteiger partial charge on any atom is -0.399 e. The average molecular weight is 300 g/mol. The molecule has 6 heteroatoms. The molecule has 1 aromatic rings. The van der Waals surface area contributed by atoms with E-state index in [-0.39, 0.29) is 12.1 Å². The zero-order valence-electron chi connectivity index (χ0n) is 9.20. The Labute approximate surface area is 108 Å². The number of nitrogens with two attached hydrogens (primary N) is 1. The van der Waals surface area contributed by atoms with E-state index in [1.165, 1.54) is 0 Å². The van der Waals surface area contributed by atoms with Crippen LogP contribution in [0.3, 0.4) is 0 Å². The zero-order chi connectivity index (χ0) is 12.3. The summed E-state index contributed by atoms with van der Waals surface area (Å²) in [6, 6.07) is 5.10. The van der Waals surface area contributed by atoms with Gasteiger partial charge in [-0.2, -0.15) is 0 Å². The predicted molar refractivity (Wildman–Crippen MR) is 69.9 cm³/mol. The van der Waals surface area contributed by atoms with Crippen molar-refractivity contribution >= 4 is 33.3 Å². The Bertz CT molecular complexity index is 419. The molecule has 0 bridgehead atoms. The molecule has 0 aromatic heterocycles. The first-order valence-electron chi connectivity index (χ1n) is 5.35. The van der Waals surface area contributed by atoms with Crippen molar-refractivity contribution in [2.75, 3.05) is 24.3 Å². The van der Waals surface area contributed by atoms with Crippen molar-refractivity contribution in [2.45, 2.75) is 12.5 Å². The minimum atomic E-state index is -0.231. The Morgan fingerprint density at radius 2 is 2.35 bits per heavy atom. The van der Waals surface area contributed by atoms with Crippen molar-refractivity contribution in [3.63, 3.8) is 0 Å². The van der Waals surface area contributed by atoms with E-state index in [1.54, 1.807) is 18.2 Å². The number of halogens is 1. The van der Waals surface area contributed by atoms with Crippen LogP contribution in [0.25, 0.3) is 0 Å². The third kappa shape index (κ3) is 3.34. The van der Waals surface area contributed by atoms with Gasteiger partial charge in [-0.05, 0) is 40.5 Å². The number of nitrogens with one attached hydrogen (secondary N) is 2. The molecule has 1 aromatic carbocycles. The van der Waals surface area contributed by atoms with Gasteiger partial charge in [-0.25, -0.2) is 4.79 Å². The Balaban J connectivity index is 1.93. The Morgan fingerprint density at radius 3 is 3.00 bits per heavy atom. The molecule has 92 valence electrons. The second kappa shape index (κ2) is 5.37. The van der Waals surface area contributed by atoms with E-state index in [9.17, 15) is 4.79 Å². The lowest BCUT2D eigenvalue weighted by atomic mass is 10.2. The summed E-state index contributed by atoms with van der Waals surface area (Å²) in [6.45, 7) is 1.28. The van der Waals surface area contributed by atoms with Gasteiger partial charge in [0.05, 0.1) is 18.3 Å². The molecule has 0 radical (unpaired) electrons. The molecule has 1 aliphatic rings. The lowest BCUT2D eigenvalue weighted by molar-refractivity contribution is 0.189. The van der Waals surface area contributed by atoms with Crippen LogP contribution >= 0.6 is 15.9 Å². The fraction of sp³-hybridized carbons (Fsp3) is 0.364. The van der Waals surface area contributed by atoms with Crippen molar-refractivity contribution in [1.29, 1.82) is 0 Å². The first kappa shape index (κ1) is 12.2. The van der Waals surface area contributed by atoms with Gasteiger partial charge in [0.1, 0.15) is 0 Å². The van der Waals surface area contributed by atoms with Crippen LogP contribution < -0.4 is 16.4 Å². The third-order valence-electron chi connectivity index (χ3n) is 2.51. The Kier molecular flexibility index (Phi) is 3.86. The summed E-state index contributed by atoms with van der Waals surface area (Å²) in [6.07, 6.45) is 0.857. The second-order valence-electron chi connectivity index (χ2n) is 3.90. The molecular formula is C11H14BrN3O2. The van der Waals surface area contributed by atoms with Crippen LogP contribution in [-0.4, -0.2) is 25.3 Å². The van der Waals surface area contributed by atoms with Gasteiger partial charge in [-0.15, -0.1) is 0 Å². The maximum atomic E-state index is 11.7. The number of ether oxygens (including phenoxy) is 1. The molecular weight excluding hydrogens is 286 g/mol. The van der Waals surface area contributed by atoms with Crippen molar-refractivity contribution in [2.24, 2.45) is 0 Å². The number of benzene rings is 1. The van der Waals surface area contributed by atoms with Gasteiger partial charge in [0.15, 0.2) is 0 Å². The molecule has 2 amide bonds. The minimum absolute atomic E-state index is 0.0996. The van der Waals surface area contributed by atoms with Crippen LogP contribution in [0, 0.1) is 0 Å². The fourth-order valence-corrected chi connectivity index (χ4v) is 2.12. The lowest BCUT2D eigenvalue weighted by Gasteiger charge is -2.13. The molecule has 1 atom stereocenters. The number of anilines is 2. The highest BCUT2D eigenvalue weighted by Crippen LogP contribution is 2.24. The summed E-state index contributed by atoms with van der Waals surface area (Å²) >= 11 is 3.34. The van der Waals surface area contributed by atoms with E-state index < -0.39 is 0 Å². The maximum Gasteiger partial charge on any atom is 0.319 e. The molecule has 1 heterocycles. The molecule has 4 N–H and O–H groups in total. The van der Waals surface area contributed by atoms with Gasteiger partial charge in [0.25, 0.3) is 0 Å². The van der Waals surface area contributed by atoms with Gasteiger partial charge in [-0.1, -0.05) is 0 Å². The summed E-state index contributed by atoms with van der Waals surface area (Å²) < 4.78 is 5.94. The standard InChI is InChI=1S/C11H14BrN3O2/c12-9-5-7(13)1-2-10(9)15-11(16)14-8-3-4-17-6-8/h1-2,5,8H,3-4,6,13H2,(H2,14,15,16). The van der Waals surface area contributed by atoms with Crippen molar-refractivity contribution in [1.82, 2.24) is 5.32 Å². The topological polar surface area (TPSA) is 76.4 Å². The SMILES string of the molecule is Nc1ccc(NC(=O)NC2CCOC2)c(Br)c1. The van der Waals surface area contributed by atoms with Gasteiger partial charge in [0.2, 0.25) is 0 Å². The number of urea groups is 1. The van der Waals surface area contributed by atoms with Gasteiger partial charge >= 0.3 is 6.03 Å². The Morgan fingerprint density at radius 1 is 1.53 bits per heavy atom. The summed E-state index contributed by atoms with van der Waals surface area (Å²) in [5, 5.41) is 5.60. The second-order valence-corrected chi connectivity index (χ2v) is 4.75. The van der Waals surface area contributed by atoms with Crippen LogP contribution in [0.4, 0.5) is 16.2 Å². The summed E-state index contributed by atoms with van der Waals surface area (Å²) in [5.41, 5.74) is 6.95. The molecule has 1 unspecified atom stereocenters. The summed E-state index contributed by atoms with van der Waals surface area (Å²) in [4.78, 5) is 11.7. The van der Waals surface area contributed by atoms with Crippen LogP contribution in [0.15, 0.2) is 22.7 Å². The molecule has 17 heavy (non-hydrogen) atoms. The van der Waals surface area contributed by atoms with Crippen molar-refractivity contribution in [3.05, 3.63) is 22.7 Å². The number of hydrogen-bond donors (Lipinski definition) is 3. The number of carbonyl (C=O) groups excluding carboxylic acids is 1. The van der Waals surface area contributed by atoms with Crippen LogP contribution in [0.2, 0.25) is 0 Å². The largest absolute Gasteiger partial charge is 0.399 e. The highest BCUT2D eigenvalue weighted by Gasteiger charge is 2.17. The fourth-order valence-electron chi connectivity index (χ4n) is 1.62. The average Bonchev–Trinajstić information content (AvgIpc) is 2.75. The highest BCUT2D eigenvalue weighted by atomic mass is 79.9. The third-order valence-corrected chi connectivity index (χ3v) is 3.16. The molecule has 0 aliphatic carbocycles. The van der Waals surface area contributed by atoms with E-state index in [1.807, 2.05) is 0 Å². The molecule has 5 nitrogen and oxygen atoms in total. The van der Waals surface area contributed by atoms with Crippen LogP contribution in [0.1, 0.15) is 6.42 Å². The van der Waals surface area contributed by atoms with Crippen molar-refractivity contribution < 1.29 is 9.53 Å². The van der Waals surface area contributed by atoms with E-state index >= 15 is 0 Å². The van der Waals surface area contributed by atoms with E-state index in [4.69, 9.17) is 10.5 Å². The van der Waals surface area contributed by atoms with Crippen LogP contribution in [0.5, 0.6) is 0 Å². The zero-order valence-corrected chi connectivity index (χ0v) is 10.8. The van der Waals surface area contributed by atoms with E-state index in [0.717, 1.165) is 10.9 Å². The smallest absolute Gasteiger partial charge is 0.319 e. The molecule has 0 spiro atoms. The lowest BCUT2D eigenvalue weighted by Crippen LogP contribution is -2.38. The number of amides is 2. The summed E-state index contributed by atoms with van der Waals surface area (Å²) in [7, 11) is 0. The molecule has 1 aliphatic heterocycles. The molecule has 1 saturated heterocycles. The van der Waals surface area contributed by atoms with Gasteiger partial charge in [-0.3, -0.25) is 0 Å². The first-order chi connectivity index (χ1) is 8.15. The normalized spacial score (nSPS) is 19.0. The molecule has 2 rings (SSSR count). The Hall–Kier alpha value is -1.27. The van der Waals surface area contributed by atoms with Gasteiger partial charge in [0, 0.05) is 16.8 Å². The maximum absolute atomic E-state index is 11.7. The summed E-state index contributed by atoms with van der Waals surface area (Å²) in [5.74, 6) is 0.